The molecule has 1 rings (SSSR count). The fourth-order valence-electron chi connectivity index (χ4n) is 1.26. The minimum Gasteiger partial charge on any atom is -0.329 e. The van der Waals surface area contributed by atoms with Crippen LogP contribution in [0.25, 0.3) is 0 Å². The van der Waals surface area contributed by atoms with E-state index in [1.807, 2.05) is 13.8 Å². The molecule has 0 radical (unpaired) electrons. The zero-order valence-electron chi connectivity index (χ0n) is 7.39. The number of nitrogens with two attached hydrogens (primary N) is 1. The van der Waals surface area contributed by atoms with Gasteiger partial charge < -0.3 is 5.73 Å². The maximum atomic E-state index is 11.6. The van der Waals surface area contributed by atoms with Crippen molar-refractivity contribution in [2.24, 2.45) is 17.1 Å². The van der Waals surface area contributed by atoms with E-state index >= 15 is 0 Å². The molecule has 0 spiro atoms. The van der Waals surface area contributed by atoms with Gasteiger partial charge in [-0.2, -0.15) is 0 Å². The van der Waals surface area contributed by atoms with Crippen LogP contribution in [0.4, 0.5) is 0 Å². The topological polar surface area (TPSA) is 43.1 Å². The molecule has 64 valence electrons. The van der Waals surface area contributed by atoms with E-state index in [1.54, 1.807) is 0 Å². The Morgan fingerprint density at radius 3 is 2.45 bits per heavy atom. The van der Waals surface area contributed by atoms with Gasteiger partial charge in [-0.15, -0.1) is 0 Å². The number of hydrogen-bond acceptors (Lipinski definition) is 2. The third-order valence-electron chi connectivity index (χ3n) is 2.77. The molecule has 0 heterocycles. The van der Waals surface area contributed by atoms with Gasteiger partial charge in [0.15, 0.2) is 0 Å². The summed E-state index contributed by atoms with van der Waals surface area (Å²) in [6.07, 6.45) is 3.06. The molecule has 1 unspecified atom stereocenters. The molecule has 1 aliphatic carbocycles. The van der Waals surface area contributed by atoms with Crippen LogP contribution in [0, 0.1) is 11.3 Å². The van der Waals surface area contributed by atoms with Crippen molar-refractivity contribution in [2.75, 3.05) is 6.54 Å². The van der Waals surface area contributed by atoms with Crippen LogP contribution in [0.15, 0.2) is 0 Å². The smallest absolute Gasteiger partial charge is 0.143 e. The second kappa shape index (κ2) is 2.94. The third kappa shape index (κ3) is 1.62. The lowest BCUT2D eigenvalue weighted by atomic mass is 9.81. The van der Waals surface area contributed by atoms with E-state index in [4.69, 9.17) is 5.73 Å². The number of carbonyl (C=O) groups excluding carboxylic acids is 1. The fraction of sp³-hybridized carbons (Fsp3) is 0.889. The van der Waals surface area contributed by atoms with Crippen molar-refractivity contribution in [3.8, 4) is 0 Å². The zero-order valence-corrected chi connectivity index (χ0v) is 7.39. The molecule has 2 heteroatoms. The third-order valence-corrected chi connectivity index (χ3v) is 2.77. The average molecular weight is 155 g/mol. The van der Waals surface area contributed by atoms with Crippen molar-refractivity contribution in [3.63, 3.8) is 0 Å². The number of Topliss-reactive ketones (excluding diaryl/α,β-unsaturated/α-hetero) is 1. The van der Waals surface area contributed by atoms with E-state index < -0.39 is 0 Å². The summed E-state index contributed by atoms with van der Waals surface area (Å²) in [4.78, 5) is 11.6. The monoisotopic (exact) mass is 155 g/mol. The van der Waals surface area contributed by atoms with Crippen molar-refractivity contribution < 1.29 is 4.79 Å². The first kappa shape index (κ1) is 8.72. The molecule has 0 saturated heterocycles. The Balaban J connectivity index is 2.59. The molecule has 0 aromatic heterocycles. The van der Waals surface area contributed by atoms with Crippen molar-refractivity contribution >= 4 is 5.78 Å². The molecule has 1 atom stereocenters. The molecule has 0 aliphatic heterocycles. The molecule has 2 nitrogen and oxygen atoms in total. The van der Waals surface area contributed by atoms with Gasteiger partial charge in [-0.3, -0.25) is 4.79 Å². The predicted molar refractivity (Wildman–Crippen MR) is 45.2 cm³/mol. The van der Waals surface area contributed by atoms with E-state index in [0.29, 0.717) is 18.2 Å². The van der Waals surface area contributed by atoms with Gasteiger partial charge in [0.25, 0.3) is 0 Å². The lowest BCUT2D eigenvalue weighted by molar-refractivity contribution is -0.128. The highest BCUT2D eigenvalue weighted by Crippen LogP contribution is 2.37. The van der Waals surface area contributed by atoms with Crippen LogP contribution in [-0.4, -0.2) is 12.3 Å². The summed E-state index contributed by atoms with van der Waals surface area (Å²) < 4.78 is 0. The van der Waals surface area contributed by atoms with Gasteiger partial charge >= 0.3 is 0 Å². The van der Waals surface area contributed by atoms with E-state index in [-0.39, 0.29) is 5.41 Å². The van der Waals surface area contributed by atoms with Crippen LogP contribution in [0.1, 0.15) is 33.1 Å². The minimum absolute atomic E-state index is 0.235. The normalized spacial score (nSPS) is 22.8. The van der Waals surface area contributed by atoms with Crippen molar-refractivity contribution in [2.45, 2.75) is 33.1 Å². The van der Waals surface area contributed by atoms with Gasteiger partial charge in [0.1, 0.15) is 5.78 Å². The Hall–Kier alpha value is -0.370. The van der Waals surface area contributed by atoms with Crippen molar-refractivity contribution in [3.05, 3.63) is 0 Å². The van der Waals surface area contributed by atoms with E-state index in [0.717, 1.165) is 19.3 Å². The molecule has 0 aromatic carbocycles. The maximum absolute atomic E-state index is 11.6. The van der Waals surface area contributed by atoms with E-state index in [2.05, 4.69) is 0 Å². The first-order valence-electron chi connectivity index (χ1n) is 4.38. The molecule has 11 heavy (non-hydrogen) atoms. The van der Waals surface area contributed by atoms with E-state index in [9.17, 15) is 4.79 Å². The first-order chi connectivity index (χ1) is 5.14. The molecule has 0 aromatic rings. The maximum Gasteiger partial charge on any atom is 0.143 e. The van der Waals surface area contributed by atoms with Crippen LogP contribution < -0.4 is 5.73 Å². The Morgan fingerprint density at radius 1 is 1.64 bits per heavy atom. The predicted octanol–water partition coefficient (Wildman–Crippen LogP) is 1.34. The Kier molecular flexibility index (Phi) is 2.33. The van der Waals surface area contributed by atoms with Gasteiger partial charge in [0.2, 0.25) is 0 Å². The number of rotatable bonds is 4. The van der Waals surface area contributed by atoms with Gasteiger partial charge in [-0.05, 0) is 19.3 Å². The number of carbonyl (C=O) groups is 1. The highest BCUT2D eigenvalue weighted by molar-refractivity contribution is 5.88. The highest BCUT2D eigenvalue weighted by atomic mass is 16.1. The SMILES string of the molecule is CCC(C)(CN)C(=O)C1CC1. The lowest BCUT2D eigenvalue weighted by Crippen LogP contribution is -2.36. The van der Waals surface area contributed by atoms with Gasteiger partial charge in [0.05, 0.1) is 0 Å². The van der Waals surface area contributed by atoms with Gasteiger partial charge in [-0.25, -0.2) is 0 Å². The highest BCUT2D eigenvalue weighted by Gasteiger charge is 2.40. The lowest BCUT2D eigenvalue weighted by Gasteiger charge is -2.24. The average Bonchev–Trinajstić information content (AvgIpc) is 2.84. The molecular weight excluding hydrogens is 138 g/mol. The number of hydrogen-bond donors (Lipinski definition) is 1. The van der Waals surface area contributed by atoms with Crippen LogP contribution in [0.2, 0.25) is 0 Å². The largest absolute Gasteiger partial charge is 0.329 e. The summed E-state index contributed by atoms with van der Waals surface area (Å²) >= 11 is 0. The summed E-state index contributed by atoms with van der Waals surface area (Å²) in [6, 6.07) is 0. The summed E-state index contributed by atoms with van der Waals surface area (Å²) in [5.74, 6) is 0.742. The van der Waals surface area contributed by atoms with Crippen LogP contribution in [-0.2, 0) is 4.79 Å². The van der Waals surface area contributed by atoms with Crippen LogP contribution >= 0.6 is 0 Å². The second-order valence-corrected chi connectivity index (χ2v) is 3.76. The van der Waals surface area contributed by atoms with E-state index in [1.165, 1.54) is 0 Å². The number of ketones is 1. The molecule has 0 amide bonds. The second-order valence-electron chi connectivity index (χ2n) is 3.76. The van der Waals surface area contributed by atoms with Crippen LogP contribution in [0.5, 0.6) is 0 Å². The summed E-state index contributed by atoms with van der Waals surface area (Å²) in [5.41, 5.74) is 5.33. The quantitative estimate of drug-likeness (QED) is 0.665. The Bertz CT molecular complexity index is 157. The van der Waals surface area contributed by atoms with Crippen LogP contribution in [0.3, 0.4) is 0 Å². The standard InChI is InChI=1S/C9H17NO/c1-3-9(2,6-10)8(11)7-4-5-7/h7H,3-6,10H2,1-2H3. The minimum atomic E-state index is -0.235. The van der Waals surface area contributed by atoms with Crippen molar-refractivity contribution in [1.82, 2.24) is 0 Å². The zero-order chi connectivity index (χ0) is 8.48. The van der Waals surface area contributed by atoms with Crippen molar-refractivity contribution in [1.29, 1.82) is 0 Å². The summed E-state index contributed by atoms with van der Waals surface area (Å²) in [7, 11) is 0. The molecular formula is C9H17NO. The summed E-state index contributed by atoms with van der Waals surface area (Å²) in [5, 5.41) is 0. The molecule has 2 N–H and O–H groups in total. The Labute approximate surface area is 68.2 Å². The molecule has 1 aliphatic rings. The fourth-order valence-corrected chi connectivity index (χ4v) is 1.26. The molecule has 0 bridgehead atoms. The first-order valence-corrected chi connectivity index (χ1v) is 4.38. The Morgan fingerprint density at radius 2 is 2.18 bits per heavy atom. The van der Waals surface area contributed by atoms with Gasteiger partial charge in [-0.1, -0.05) is 13.8 Å². The molecule has 1 fully saturated rings. The van der Waals surface area contributed by atoms with Gasteiger partial charge in [0, 0.05) is 17.9 Å². The summed E-state index contributed by atoms with van der Waals surface area (Å²) in [6.45, 7) is 4.51. The molecule has 1 saturated carbocycles.